The first-order chi connectivity index (χ1) is 9.99. The fourth-order valence-electron chi connectivity index (χ4n) is 1.84. The molecule has 2 rings (SSSR count). The van der Waals surface area contributed by atoms with E-state index in [4.69, 9.17) is 0 Å². The van der Waals surface area contributed by atoms with Gasteiger partial charge >= 0.3 is 0 Å². The zero-order chi connectivity index (χ0) is 15.3. The van der Waals surface area contributed by atoms with Crippen LogP contribution in [0.5, 0.6) is 0 Å². The number of nitrogens with zero attached hydrogens (tertiary/aromatic N) is 1. The standard InChI is InChI=1S/C14H19N3O2S2/c1-11(14-10-16-12(2)20-14)15-8-9-17-21(18,19)13-6-4-3-5-7-13/h3-7,10-11,15,17H,8-9H2,1-2H3/t11-/m0/s1. The van der Waals surface area contributed by atoms with Gasteiger partial charge in [-0.15, -0.1) is 11.3 Å². The lowest BCUT2D eigenvalue weighted by Crippen LogP contribution is -2.32. The van der Waals surface area contributed by atoms with Crippen LogP contribution >= 0.6 is 11.3 Å². The molecule has 1 heterocycles. The molecule has 0 aliphatic rings. The summed E-state index contributed by atoms with van der Waals surface area (Å²) in [5, 5.41) is 4.31. The lowest BCUT2D eigenvalue weighted by atomic mass is 10.3. The number of hydrogen-bond acceptors (Lipinski definition) is 5. The first-order valence-electron chi connectivity index (χ1n) is 6.69. The summed E-state index contributed by atoms with van der Waals surface area (Å²) in [4.78, 5) is 5.65. The van der Waals surface area contributed by atoms with Crippen LogP contribution in [0.25, 0.3) is 0 Å². The molecule has 0 spiro atoms. The maximum absolute atomic E-state index is 12.0. The van der Waals surface area contributed by atoms with Crippen molar-refractivity contribution < 1.29 is 8.42 Å². The Morgan fingerprint density at radius 1 is 1.24 bits per heavy atom. The van der Waals surface area contributed by atoms with Crippen molar-refractivity contribution in [2.24, 2.45) is 0 Å². The second-order valence-electron chi connectivity index (χ2n) is 4.67. The molecule has 114 valence electrons. The van der Waals surface area contributed by atoms with Crippen LogP contribution < -0.4 is 10.0 Å². The van der Waals surface area contributed by atoms with Crippen molar-refractivity contribution in [2.75, 3.05) is 13.1 Å². The van der Waals surface area contributed by atoms with Gasteiger partial charge < -0.3 is 5.32 Å². The second kappa shape index (κ2) is 7.13. The van der Waals surface area contributed by atoms with Crippen LogP contribution in [0.15, 0.2) is 41.4 Å². The fourth-order valence-corrected chi connectivity index (χ4v) is 3.70. The molecular weight excluding hydrogens is 306 g/mol. The van der Waals surface area contributed by atoms with Crippen molar-refractivity contribution in [1.29, 1.82) is 0 Å². The van der Waals surface area contributed by atoms with Crippen LogP contribution in [0.1, 0.15) is 22.9 Å². The molecule has 2 N–H and O–H groups in total. The van der Waals surface area contributed by atoms with Crippen LogP contribution in [-0.4, -0.2) is 26.5 Å². The van der Waals surface area contributed by atoms with Crippen molar-refractivity contribution in [1.82, 2.24) is 15.0 Å². The van der Waals surface area contributed by atoms with Gasteiger partial charge in [-0.05, 0) is 26.0 Å². The van der Waals surface area contributed by atoms with E-state index < -0.39 is 10.0 Å². The molecule has 0 aliphatic carbocycles. The summed E-state index contributed by atoms with van der Waals surface area (Å²) < 4.78 is 26.6. The summed E-state index contributed by atoms with van der Waals surface area (Å²) in [6, 6.07) is 8.54. The molecule has 0 saturated carbocycles. The van der Waals surface area contributed by atoms with Gasteiger partial charge in [-0.25, -0.2) is 18.1 Å². The van der Waals surface area contributed by atoms with E-state index in [-0.39, 0.29) is 10.9 Å². The SMILES string of the molecule is Cc1ncc([C@H](C)NCCNS(=O)(=O)c2ccccc2)s1. The molecule has 0 bridgehead atoms. The third-order valence-corrected chi connectivity index (χ3v) is 5.56. The Kier molecular flexibility index (Phi) is 5.46. The highest BCUT2D eigenvalue weighted by atomic mass is 32.2. The molecule has 1 atom stereocenters. The molecule has 2 aromatic rings. The van der Waals surface area contributed by atoms with E-state index in [1.54, 1.807) is 41.7 Å². The number of nitrogens with one attached hydrogen (secondary N) is 2. The largest absolute Gasteiger partial charge is 0.308 e. The van der Waals surface area contributed by atoms with Crippen LogP contribution in [0.2, 0.25) is 0 Å². The summed E-state index contributed by atoms with van der Waals surface area (Å²) in [7, 11) is -3.42. The second-order valence-corrected chi connectivity index (χ2v) is 7.70. The Morgan fingerprint density at radius 3 is 2.57 bits per heavy atom. The summed E-state index contributed by atoms with van der Waals surface area (Å²) >= 11 is 1.64. The van der Waals surface area contributed by atoms with Crippen molar-refractivity contribution in [3.05, 3.63) is 46.4 Å². The van der Waals surface area contributed by atoms with Gasteiger partial charge in [0.15, 0.2) is 0 Å². The summed E-state index contributed by atoms with van der Waals surface area (Å²) in [5.74, 6) is 0. The van der Waals surface area contributed by atoms with Gasteiger partial charge in [0, 0.05) is 30.2 Å². The molecule has 7 heteroatoms. The van der Waals surface area contributed by atoms with Crippen molar-refractivity contribution in [3.8, 4) is 0 Å². The number of hydrogen-bond donors (Lipinski definition) is 2. The van der Waals surface area contributed by atoms with E-state index in [0.29, 0.717) is 13.1 Å². The van der Waals surface area contributed by atoms with Gasteiger partial charge in [-0.2, -0.15) is 0 Å². The Morgan fingerprint density at radius 2 is 1.95 bits per heavy atom. The first-order valence-corrected chi connectivity index (χ1v) is 8.99. The molecule has 0 fully saturated rings. The van der Waals surface area contributed by atoms with E-state index >= 15 is 0 Å². The van der Waals surface area contributed by atoms with E-state index in [1.165, 1.54) is 0 Å². The minimum atomic E-state index is -3.42. The van der Waals surface area contributed by atoms with Crippen LogP contribution in [0, 0.1) is 6.92 Å². The average molecular weight is 325 g/mol. The summed E-state index contributed by atoms with van der Waals surface area (Å²) in [6.45, 7) is 4.91. The molecule has 0 aliphatic heterocycles. The molecule has 0 radical (unpaired) electrons. The third-order valence-electron chi connectivity index (χ3n) is 2.99. The first kappa shape index (κ1) is 16.1. The van der Waals surface area contributed by atoms with Crippen molar-refractivity contribution in [2.45, 2.75) is 24.8 Å². The quantitative estimate of drug-likeness (QED) is 0.765. The number of aryl methyl sites for hydroxylation is 1. The van der Waals surface area contributed by atoms with E-state index in [0.717, 1.165) is 9.88 Å². The van der Waals surface area contributed by atoms with Crippen molar-refractivity contribution in [3.63, 3.8) is 0 Å². The van der Waals surface area contributed by atoms with E-state index in [1.807, 2.05) is 20.0 Å². The third kappa shape index (κ3) is 4.60. The Balaban J connectivity index is 1.80. The van der Waals surface area contributed by atoms with Crippen LogP contribution in [-0.2, 0) is 10.0 Å². The molecule has 0 unspecified atom stereocenters. The zero-order valence-corrected chi connectivity index (χ0v) is 13.7. The van der Waals surface area contributed by atoms with Gasteiger partial charge in [-0.3, -0.25) is 0 Å². The minimum Gasteiger partial charge on any atom is -0.308 e. The lowest BCUT2D eigenvalue weighted by molar-refractivity contribution is 0.557. The predicted molar refractivity (Wildman–Crippen MR) is 84.9 cm³/mol. The van der Waals surface area contributed by atoms with Gasteiger partial charge in [0.1, 0.15) is 0 Å². The fraction of sp³-hybridized carbons (Fsp3) is 0.357. The zero-order valence-electron chi connectivity index (χ0n) is 12.0. The molecule has 21 heavy (non-hydrogen) atoms. The smallest absolute Gasteiger partial charge is 0.240 e. The minimum absolute atomic E-state index is 0.164. The number of benzene rings is 1. The Labute approximate surface area is 129 Å². The van der Waals surface area contributed by atoms with Crippen LogP contribution in [0.3, 0.4) is 0 Å². The Bertz CT molecular complexity index is 669. The van der Waals surface area contributed by atoms with E-state index in [9.17, 15) is 8.42 Å². The molecule has 0 amide bonds. The van der Waals surface area contributed by atoms with E-state index in [2.05, 4.69) is 15.0 Å². The number of aromatic nitrogens is 1. The topological polar surface area (TPSA) is 71.1 Å². The lowest BCUT2D eigenvalue weighted by Gasteiger charge is -2.12. The Hall–Kier alpha value is -1.28. The highest BCUT2D eigenvalue weighted by Crippen LogP contribution is 2.19. The predicted octanol–water partition coefficient (Wildman–Crippen LogP) is 2.08. The molecule has 5 nitrogen and oxygen atoms in total. The molecule has 1 aromatic heterocycles. The monoisotopic (exact) mass is 325 g/mol. The summed E-state index contributed by atoms with van der Waals surface area (Å²) in [5.41, 5.74) is 0. The van der Waals surface area contributed by atoms with Gasteiger partial charge in [0.25, 0.3) is 0 Å². The maximum Gasteiger partial charge on any atom is 0.240 e. The normalized spacial score (nSPS) is 13.2. The van der Waals surface area contributed by atoms with Crippen LogP contribution in [0.4, 0.5) is 0 Å². The number of sulfonamides is 1. The van der Waals surface area contributed by atoms with Gasteiger partial charge in [-0.1, -0.05) is 18.2 Å². The average Bonchev–Trinajstić information content (AvgIpc) is 2.91. The molecular formula is C14H19N3O2S2. The number of rotatable bonds is 7. The highest BCUT2D eigenvalue weighted by molar-refractivity contribution is 7.89. The highest BCUT2D eigenvalue weighted by Gasteiger charge is 2.13. The molecule has 1 aromatic carbocycles. The summed E-state index contributed by atoms with van der Waals surface area (Å²) in [6.07, 6.45) is 1.85. The van der Waals surface area contributed by atoms with Gasteiger partial charge in [0.05, 0.1) is 9.90 Å². The number of thiazole rings is 1. The maximum atomic E-state index is 12.0. The van der Waals surface area contributed by atoms with Gasteiger partial charge in [0.2, 0.25) is 10.0 Å². The van der Waals surface area contributed by atoms with Crippen molar-refractivity contribution >= 4 is 21.4 Å². The molecule has 0 saturated heterocycles.